The first kappa shape index (κ1) is 12.5. The molecule has 1 aromatic heterocycles. The zero-order valence-corrected chi connectivity index (χ0v) is 10.9. The minimum atomic E-state index is 0.313. The highest BCUT2D eigenvalue weighted by Gasteiger charge is 2.22. The van der Waals surface area contributed by atoms with Crippen LogP contribution < -0.4 is 5.73 Å². The summed E-state index contributed by atoms with van der Waals surface area (Å²) in [7, 11) is 0. The number of aryl methyl sites for hydroxylation is 1. The minimum absolute atomic E-state index is 0.313. The third kappa shape index (κ3) is 3.27. The van der Waals surface area contributed by atoms with E-state index in [0.29, 0.717) is 12.0 Å². The molecular weight excluding hydrogens is 210 g/mol. The Labute approximate surface area is 104 Å². The number of hydrogen-bond donors (Lipinski definition) is 1. The number of pyridine rings is 1. The molecule has 2 rings (SSSR count). The van der Waals surface area contributed by atoms with E-state index < -0.39 is 0 Å². The molecule has 0 aliphatic carbocycles. The summed E-state index contributed by atoms with van der Waals surface area (Å²) < 4.78 is 0. The Bertz CT molecular complexity index is 362. The van der Waals surface area contributed by atoms with Gasteiger partial charge in [-0.15, -0.1) is 0 Å². The third-order valence-corrected chi connectivity index (χ3v) is 3.80. The second kappa shape index (κ2) is 5.61. The normalized spacial score (nSPS) is 23.6. The summed E-state index contributed by atoms with van der Waals surface area (Å²) in [5, 5.41) is 0. The van der Waals surface area contributed by atoms with Gasteiger partial charge in [-0.05, 0) is 50.8 Å². The van der Waals surface area contributed by atoms with Crippen molar-refractivity contribution in [1.29, 1.82) is 0 Å². The summed E-state index contributed by atoms with van der Waals surface area (Å²) >= 11 is 0. The van der Waals surface area contributed by atoms with Crippen LogP contribution in [0.1, 0.15) is 31.0 Å². The van der Waals surface area contributed by atoms with Gasteiger partial charge in [0.15, 0.2) is 0 Å². The molecule has 17 heavy (non-hydrogen) atoms. The van der Waals surface area contributed by atoms with Crippen LogP contribution in [-0.4, -0.2) is 29.0 Å². The predicted molar refractivity (Wildman–Crippen MR) is 70.6 cm³/mol. The number of nitrogens with zero attached hydrogens (tertiary/aromatic N) is 2. The van der Waals surface area contributed by atoms with Crippen LogP contribution in [0.25, 0.3) is 0 Å². The average molecular weight is 233 g/mol. The lowest BCUT2D eigenvalue weighted by Gasteiger charge is -2.34. The quantitative estimate of drug-likeness (QED) is 0.867. The highest BCUT2D eigenvalue weighted by Crippen LogP contribution is 2.20. The van der Waals surface area contributed by atoms with Gasteiger partial charge in [0, 0.05) is 31.0 Å². The number of rotatable bonds is 3. The molecule has 0 radical (unpaired) electrons. The van der Waals surface area contributed by atoms with E-state index in [1.165, 1.54) is 24.9 Å². The molecule has 0 bridgehead atoms. The maximum absolute atomic E-state index is 6.01. The van der Waals surface area contributed by atoms with Crippen LogP contribution in [0, 0.1) is 12.8 Å². The number of nitrogens with two attached hydrogens (primary N) is 1. The molecule has 1 aromatic rings. The van der Waals surface area contributed by atoms with Gasteiger partial charge in [0.05, 0.1) is 0 Å². The molecule has 1 aliphatic rings. The fraction of sp³-hybridized carbons (Fsp3) is 0.643. The topological polar surface area (TPSA) is 42.2 Å². The molecule has 2 N–H and O–H groups in total. The van der Waals surface area contributed by atoms with Crippen molar-refractivity contribution in [3.63, 3.8) is 0 Å². The molecule has 1 aliphatic heterocycles. The van der Waals surface area contributed by atoms with E-state index in [2.05, 4.69) is 29.8 Å². The third-order valence-electron chi connectivity index (χ3n) is 3.80. The van der Waals surface area contributed by atoms with Crippen LogP contribution in [-0.2, 0) is 6.54 Å². The molecule has 94 valence electrons. The van der Waals surface area contributed by atoms with E-state index in [-0.39, 0.29) is 0 Å². The van der Waals surface area contributed by atoms with E-state index in [1.807, 2.05) is 12.3 Å². The first-order chi connectivity index (χ1) is 8.16. The highest BCUT2D eigenvalue weighted by molar-refractivity contribution is 5.18. The molecule has 0 saturated carbocycles. The number of piperidine rings is 1. The van der Waals surface area contributed by atoms with Crippen LogP contribution in [0.3, 0.4) is 0 Å². The lowest BCUT2D eigenvalue weighted by atomic mass is 9.92. The Balaban J connectivity index is 1.97. The molecule has 2 atom stereocenters. The zero-order valence-electron chi connectivity index (χ0n) is 10.9. The maximum Gasteiger partial charge on any atom is 0.0417 e. The fourth-order valence-electron chi connectivity index (χ4n) is 2.59. The van der Waals surface area contributed by atoms with E-state index in [1.54, 1.807) is 0 Å². The second-order valence-electron chi connectivity index (χ2n) is 5.24. The molecule has 1 fully saturated rings. The monoisotopic (exact) mass is 233 g/mol. The van der Waals surface area contributed by atoms with Gasteiger partial charge in [-0.2, -0.15) is 0 Å². The average Bonchev–Trinajstić information content (AvgIpc) is 2.32. The first-order valence-electron chi connectivity index (χ1n) is 6.55. The zero-order chi connectivity index (χ0) is 12.3. The van der Waals surface area contributed by atoms with Crippen molar-refractivity contribution in [1.82, 2.24) is 9.88 Å². The Hall–Kier alpha value is -0.930. The second-order valence-corrected chi connectivity index (χ2v) is 5.24. The van der Waals surface area contributed by atoms with Crippen LogP contribution in [0.4, 0.5) is 0 Å². The summed E-state index contributed by atoms with van der Waals surface area (Å²) in [5.74, 6) is 0.653. The van der Waals surface area contributed by atoms with E-state index >= 15 is 0 Å². The van der Waals surface area contributed by atoms with Gasteiger partial charge in [0.1, 0.15) is 0 Å². The summed E-state index contributed by atoms with van der Waals surface area (Å²) in [6, 6.07) is 4.51. The Morgan fingerprint density at radius 3 is 3.12 bits per heavy atom. The Morgan fingerprint density at radius 1 is 1.59 bits per heavy atom. The van der Waals surface area contributed by atoms with Gasteiger partial charge in [0.25, 0.3) is 0 Å². The van der Waals surface area contributed by atoms with Crippen LogP contribution >= 0.6 is 0 Å². The summed E-state index contributed by atoms with van der Waals surface area (Å²) in [6.45, 7) is 7.55. The molecule has 0 amide bonds. The summed E-state index contributed by atoms with van der Waals surface area (Å²) in [5.41, 5.74) is 8.51. The number of hydrogen-bond acceptors (Lipinski definition) is 3. The summed E-state index contributed by atoms with van der Waals surface area (Å²) in [6.07, 6.45) is 4.41. The fourth-order valence-corrected chi connectivity index (χ4v) is 2.59. The van der Waals surface area contributed by atoms with Crippen molar-refractivity contribution in [2.24, 2.45) is 11.7 Å². The predicted octanol–water partition coefficient (Wildman–Crippen LogP) is 1.95. The Morgan fingerprint density at radius 2 is 2.41 bits per heavy atom. The van der Waals surface area contributed by atoms with E-state index in [9.17, 15) is 0 Å². The molecule has 0 aromatic carbocycles. The van der Waals surface area contributed by atoms with Crippen LogP contribution in [0.15, 0.2) is 18.3 Å². The maximum atomic E-state index is 6.01. The molecule has 3 heteroatoms. The van der Waals surface area contributed by atoms with Gasteiger partial charge in [0.2, 0.25) is 0 Å². The van der Waals surface area contributed by atoms with Crippen molar-refractivity contribution >= 4 is 0 Å². The summed E-state index contributed by atoms with van der Waals surface area (Å²) in [4.78, 5) is 6.86. The minimum Gasteiger partial charge on any atom is -0.328 e. The van der Waals surface area contributed by atoms with Crippen molar-refractivity contribution < 1.29 is 0 Å². The van der Waals surface area contributed by atoms with Gasteiger partial charge in [-0.1, -0.05) is 6.07 Å². The van der Waals surface area contributed by atoms with Crippen molar-refractivity contribution in [3.05, 3.63) is 29.6 Å². The number of aromatic nitrogens is 1. The van der Waals surface area contributed by atoms with Crippen LogP contribution in [0.5, 0.6) is 0 Å². The van der Waals surface area contributed by atoms with Crippen molar-refractivity contribution in [3.8, 4) is 0 Å². The van der Waals surface area contributed by atoms with Crippen LogP contribution in [0.2, 0.25) is 0 Å². The molecule has 0 spiro atoms. The molecule has 2 unspecified atom stereocenters. The van der Waals surface area contributed by atoms with E-state index in [0.717, 1.165) is 18.8 Å². The molecule has 2 heterocycles. The Kier molecular flexibility index (Phi) is 4.13. The molecule has 3 nitrogen and oxygen atoms in total. The standard InChI is InChI=1S/C14H23N3/c1-11(15)13-6-4-8-17(9-13)10-14-5-3-7-16-12(14)2/h3,5,7,11,13H,4,6,8-10,15H2,1-2H3. The lowest BCUT2D eigenvalue weighted by molar-refractivity contribution is 0.154. The molecular formula is C14H23N3. The van der Waals surface area contributed by atoms with Gasteiger partial charge >= 0.3 is 0 Å². The molecule has 1 saturated heterocycles. The van der Waals surface area contributed by atoms with Gasteiger partial charge < -0.3 is 5.73 Å². The lowest BCUT2D eigenvalue weighted by Crippen LogP contribution is -2.42. The first-order valence-corrected chi connectivity index (χ1v) is 6.55. The van der Waals surface area contributed by atoms with Gasteiger partial charge in [-0.25, -0.2) is 0 Å². The number of likely N-dealkylation sites (tertiary alicyclic amines) is 1. The highest BCUT2D eigenvalue weighted by atomic mass is 15.1. The van der Waals surface area contributed by atoms with Gasteiger partial charge in [-0.3, -0.25) is 9.88 Å². The van der Waals surface area contributed by atoms with E-state index in [4.69, 9.17) is 5.73 Å². The smallest absolute Gasteiger partial charge is 0.0417 e. The van der Waals surface area contributed by atoms with Crippen molar-refractivity contribution in [2.75, 3.05) is 13.1 Å². The van der Waals surface area contributed by atoms with Crippen molar-refractivity contribution in [2.45, 2.75) is 39.3 Å². The SMILES string of the molecule is Cc1ncccc1CN1CCCC(C(C)N)C1. The largest absolute Gasteiger partial charge is 0.328 e.